The summed E-state index contributed by atoms with van der Waals surface area (Å²) in [6.45, 7) is 0. The predicted molar refractivity (Wildman–Crippen MR) is 72.7 cm³/mol. The van der Waals surface area contributed by atoms with Crippen LogP contribution in [0.4, 0.5) is 0 Å². The molecule has 0 saturated heterocycles. The number of fused-ring (bicyclic) bond motifs is 1. The molecule has 0 N–H and O–H groups in total. The monoisotopic (exact) mass is 267 g/mol. The van der Waals surface area contributed by atoms with Gasteiger partial charge in [-0.05, 0) is 24.5 Å². The highest BCUT2D eigenvalue weighted by molar-refractivity contribution is 7.98. The smallest absolute Gasteiger partial charge is 0.174 e. The van der Waals surface area contributed by atoms with Gasteiger partial charge in [-0.2, -0.15) is 10.4 Å². The summed E-state index contributed by atoms with van der Waals surface area (Å²) in [6.07, 6.45) is 5.29. The van der Waals surface area contributed by atoms with Crippen molar-refractivity contribution >= 4 is 17.4 Å². The molecule has 0 aliphatic rings. The molecule has 0 aromatic carbocycles. The van der Waals surface area contributed by atoms with Crippen molar-refractivity contribution in [2.24, 2.45) is 0 Å². The first-order valence-corrected chi connectivity index (χ1v) is 6.81. The van der Waals surface area contributed by atoms with Crippen molar-refractivity contribution in [2.75, 3.05) is 6.26 Å². The van der Waals surface area contributed by atoms with Gasteiger partial charge in [-0.1, -0.05) is 6.07 Å². The molecule has 3 heterocycles. The number of hydrogen-bond acceptors (Lipinski definition) is 5. The third-order valence-electron chi connectivity index (χ3n) is 2.72. The molecule has 0 aliphatic carbocycles. The van der Waals surface area contributed by atoms with Gasteiger partial charge in [-0.25, -0.2) is 9.50 Å². The van der Waals surface area contributed by atoms with Crippen molar-refractivity contribution in [3.8, 4) is 17.5 Å². The highest BCUT2D eigenvalue weighted by atomic mass is 32.2. The fourth-order valence-electron chi connectivity index (χ4n) is 1.87. The van der Waals surface area contributed by atoms with Gasteiger partial charge in [-0.15, -0.1) is 11.8 Å². The number of hydrogen-bond donors (Lipinski definition) is 0. The minimum Gasteiger partial charge on any atom is -0.255 e. The zero-order valence-corrected chi connectivity index (χ0v) is 10.9. The first kappa shape index (κ1) is 11.7. The molecule has 0 fully saturated rings. The molecular weight excluding hydrogens is 258 g/mol. The third kappa shape index (κ3) is 1.84. The first-order valence-electron chi connectivity index (χ1n) is 5.58. The summed E-state index contributed by atoms with van der Waals surface area (Å²) in [5.74, 6) is 0. The van der Waals surface area contributed by atoms with Crippen molar-refractivity contribution in [3.05, 3.63) is 42.2 Å². The van der Waals surface area contributed by atoms with Crippen LogP contribution in [0.15, 0.2) is 41.7 Å². The lowest BCUT2D eigenvalue weighted by Gasteiger charge is -2.02. The van der Waals surface area contributed by atoms with Gasteiger partial charge >= 0.3 is 0 Å². The summed E-state index contributed by atoms with van der Waals surface area (Å²) >= 11 is 1.43. The summed E-state index contributed by atoms with van der Waals surface area (Å²) in [4.78, 5) is 8.55. The second-order valence-corrected chi connectivity index (χ2v) is 4.57. The van der Waals surface area contributed by atoms with Crippen LogP contribution in [0.1, 0.15) is 5.56 Å². The van der Waals surface area contributed by atoms with Crippen molar-refractivity contribution in [2.45, 2.75) is 5.03 Å². The molecule has 3 rings (SSSR count). The molecule has 0 unspecified atom stereocenters. The Morgan fingerprint density at radius 2 is 2.11 bits per heavy atom. The normalized spacial score (nSPS) is 10.5. The SMILES string of the molecule is CSc1nn2c(-c3ccccn3)ccnc2c1C#N. The minimum absolute atomic E-state index is 0.505. The number of nitriles is 1. The van der Waals surface area contributed by atoms with Gasteiger partial charge in [0.1, 0.15) is 16.7 Å². The van der Waals surface area contributed by atoms with Crippen LogP contribution in [-0.4, -0.2) is 25.8 Å². The lowest BCUT2D eigenvalue weighted by molar-refractivity contribution is 0.891. The third-order valence-corrected chi connectivity index (χ3v) is 3.39. The molecule has 0 saturated carbocycles. The van der Waals surface area contributed by atoms with E-state index < -0.39 is 0 Å². The largest absolute Gasteiger partial charge is 0.255 e. The van der Waals surface area contributed by atoms with E-state index >= 15 is 0 Å². The average Bonchev–Trinajstić information content (AvgIpc) is 2.85. The molecule has 5 nitrogen and oxygen atoms in total. The van der Waals surface area contributed by atoms with Crippen molar-refractivity contribution < 1.29 is 0 Å². The Kier molecular flexibility index (Phi) is 2.89. The van der Waals surface area contributed by atoms with E-state index in [9.17, 15) is 5.26 Å². The van der Waals surface area contributed by atoms with Crippen LogP contribution < -0.4 is 0 Å². The van der Waals surface area contributed by atoms with Gasteiger partial charge in [0.2, 0.25) is 0 Å². The molecule has 0 radical (unpaired) electrons. The summed E-state index contributed by atoms with van der Waals surface area (Å²) in [6, 6.07) is 9.68. The maximum Gasteiger partial charge on any atom is 0.174 e. The van der Waals surface area contributed by atoms with Crippen molar-refractivity contribution in [1.29, 1.82) is 5.26 Å². The lowest BCUT2D eigenvalue weighted by atomic mass is 10.2. The van der Waals surface area contributed by atoms with Gasteiger partial charge in [0.15, 0.2) is 5.65 Å². The molecule has 19 heavy (non-hydrogen) atoms. The molecule has 0 bridgehead atoms. The number of thioether (sulfide) groups is 1. The Labute approximate surface area is 113 Å². The summed E-state index contributed by atoms with van der Waals surface area (Å²) in [7, 11) is 0. The second-order valence-electron chi connectivity index (χ2n) is 3.78. The molecule has 3 aromatic heterocycles. The highest BCUT2D eigenvalue weighted by Crippen LogP contribution is 2.25. The van der Waals surface area contributed by atoms with Crippen LogP contribution in [0, 0.1) is 11.3 Å². The van der Waals surface area contributed by atoms with Crippen LogP contribution in [0.5, 0.6) is 0 Å². The summed E-state index contributed by atoms with van der Waals surface area (Å²) in [5.41, 5.74) is 2.69. The molecular formula is C13H9N5S. The standard InChI is InChI=1S/C13H9N5S/c1-19-13-9(8-14)12-16-7-5-11(18(12)17-13)10-4-2-3-6-15-10/h2-7H,1H3. The molecule has 0 atom stereocenters. The summed E-state index contributed by atoms with van der Waals surface area (Å²) < 4.78 is 1.67. The number of pyridine rings is 1. The van der Waals surface area contributed by atoms with Gasteiger partial charge in [0, 0.05) is 12.4 Å². The van der Waals surface area contributed by atoms with Gasteiger partial charge in [0.25, 0.3) is 0 Å². The van der Waals surface area contributed by atoms with E-state index in [0.29, 0.717) is 16.2 Å². The Bertz CT molecular complexity index is 773. The number of aromatic nitrogens is 4. The quantitative estimate of drug-likeness (QED) is 0.667. The van der Waals surface area contributed by atoms with Gasteiger partial charge < -0.3 is 0 Å². The fourth-order valence-corrected chi connectivity index (χ4v) is 2.38. The maximum atomic E-state index is 9.23. The summed E-state index contributed by atoms with van der Waals surface area (Å²) in [5, 5.41) is 14.3. The predicted octanol–water partition coefficient (Wildman–Crippen LogP) is 2.38. The zero-order chi connectivity index (χ0) is 13.2. The average molecular weight is 267 g/mol. The van der Waals surface area contributed by atoms with E-state index in [1.807, 2.05) is 30.5 Å². The van der Waals surface area contributed by atoms with E-state index in [-0.39, 0.29) is 0 Å². The Hall–Kier alpha value is -2.39. The molecule has 0 spiro atoms. The van der Waals surface area contributed by atoms with Crippen molar-refractivity contribution in [1.82, 2.24) is 19.6 Å². The van der Waals surface area contributed by atoms with E-state index in [0.717, 1.165) is 11.4 Å². The molecule has 92 valence electrons. The fraction of sp³-hybridized carbons (Fsp3) is 0.0769. The van der Waals surface area contributed by atoms with Gasteiger partial charge in [0.05, 0.1) is 11.4 Å². The van der Waals surface area contributed by atoms with E-state index in [2.05, 4.69) is 21.1 Å². The minimum atomic E-state index is 0.505. The van der Waals surface area contributed by atoms with Crippen molar-refractivity contribution in [3.63, 3.8) is 0 Å². The van der Waals surface area contributed by atoms with Crippen LogP contribution in [0.25, 0.3) is 17.0 Å². The molecule has 6 heteroatoms. The maximum absolute atomic E-state index is 9.23. The number of nitrogens with zero attached hydrogens (tertiary/aromatic N) is 5. The lowest BCUT2D eigenvalue weighted by Crippen LogP contribution is -1.97. The molecule has 0 aliphatic heterocycles. The Balaban J connectivity index is 2.34. The van der Waals surface area contributed by atoms with E-state index in [1.165, 1.54) is 11.8 Å². The Morgan fingerprint density at radius 1 is 1.21 bits per heavy atom. The van der Waals surface area contributed by atoms with Gasteiger partial charge in [-0.3, -0.25) is 4.98 Å². The van der Waals surface area contributed by atoms with Crippen LogP contribution in [-0.2, 0) is 0 Å². The molecule has 3 aromatic rings. The first-order chi connectivity index (χ1) is 9.35. The zero-order valence-electron chi connectivity index (χ0n) is 10.1. The second kappa shape index (κ2) is 4.71. The van der Waals surface area contributed by atoms with Crippen LogP contribution >= 0.6 is 11.8 Å². The van der Waals surface area contributed by atoms with Crippen LogP contribution in [0.2, 0.25) is 0 Å². The Morgan fingerprint density at radius 3 is 2.79 bits per heavy atom. The highest BCUT2D eigenvalue weighted by Gasteiger charge is 2.15. The molecule has 0 amide bonds. The topological polar surface area (TPSA) is 66.9 Å². The van der Waals surface area contributed by atoms with E-state index in [1.54, 1.807) is 16.9 Å². The van der Waals surface area contributed by atoms with E-state index in [4.69, 9.17) is 0 Å². The van der Waals surface area contributed by atoms with Crippen LogP contribution in [0.3, 0.4) is 0 Å². The number of rotatable bonds is 2.